The lowest BCUT2D eigenvalue weighted by molar-refractivity contribution is -0.385. The van der Waals surface area contributed by atoms with Crippen LogP contribution in [0.4, 0.5) is 27.6 Å². The molecule has 2 aromatic carbocycles. The van der Waals surface area contributed by atoms with E-state index in [2.05, 4.69) is 10.1 Å². The van der Waals surface area contributed by atoms with Gasteiger partial charge in [0.2, 0.25) is 5.82 Å². The quantitative estimate of drug-likeness (QED) is 0.294. The smallest absolute Gasteiger partial charge is 0.258 e. The SMILES string of the molecule is Cc1cc(Cn2nc(C(F)(F)C(F)(F)F)nc2-c2ccc(Cl)cc2)ccc1[N+](=O)[O-]. The fourth-order valence-corrected chi connectivity index (χ4v) is 2.84. The van der Waals surface area contributed by atoms with Crippen molar-refractivity contribution < 1.29 is 26.9 Å². The van der Waals surface area contributed by atoms with Gasteiger partial charge in [-0.3, -0.25) is 10.1 Å². The fourth-order valence-electron chi connectivity index (χ4n) is 2.72. The Balaban J connectivity index is 2.09. The van der Waals surface area contributed by atoms with Gasteiger partial charge in [0.1, 0.15) is 0 Å². The number of hydrogen-bond donors (Lipinski definition) is 0. The molecular formula is C18H12ClF5N4O2. The topological polar surface area (TPSA) is 73.8 Å². The minimum absolute atomic E-state index is 0.153. The number of hydrogen-bond acceptors (Lipinski definition) is 4. The van der Waals surface area contributed by atoms with Gasteiger partial charge in [0.05, 0.1) is 11.5 Å². The first-order valence-corrected chi connectivity index (χ1v) is 8.67. The van der Waals surface area contributed by atoms with E-state index in [1.807, 2.05) is 0 Å². The van der Waals surface area contributed by atoms with Crippen molar-refractivity contribution in [1.82, 2.24) is 14.8 Å². The number of nitro benzene ring substituents is 1. The molecule has 0 N–H and O–H groups in total. The van der Waals surface area contributed by atoms with Crippen LogP contribution >= 0.6 is 11.6 Å². The Morgan fingerprint density at radius 3 is 2.27 bits per heavy atom. The van der Waals surface area contributed by atoms with E-state index in [0.29, 0.717) is 16.1 Å². The second kappa shape index (κ2) is 7.63. The normalized spacial score (nSPS) is 12.2. The van der Waals surface area contributed by atoms with Crippen molar-refractivity contribution in [1.29, 1.82) is 0 Å². The highest BCUT2D eigenvalue weighted by Crippen LogP contribution is 2.43. The van der Waals surface area contributed by atoms with E-state index >= 15 is 0 Å². The summed E-state index contributed by atoms with van der Waals surface area (Å²) in [5.41, 5.74) is 0.765. The summed E-state index contributed by atoms with van der Waals surface area (Å²) in [7, 11) is 0. The van der Waals surface area contributed by atoms with Crippen molar-refractivity contribution in [3.8, 4) is 11.4 Å². The molecule has 0 bridgehead atoms. The lowest BCUT2D eigenvalue weighted by Crippen LogP contribution is -2.35. The van der Waals surface area contributed by atoms with E-state index in [1.165, 1.54) is 49.4 Å². The molecule has 30 heavy (non-hydrogen) atoms. The fraction of sp³-hybridized carbons (Fsp3) is 0.222. The molecule has 0 aliphatic carbocycles. The van der Waals surface area contributed by atoms with Gasteiger partial charge in [-0.15, -0.1) is 5.10 Å². The Labute approximate surface area is 171 Å². The largest absolute Gasteiger partial charge is 0.461 e. The number of halogens is 6. The molecule has 0 unspecified atom stereocenters. The summed E-state index contributed by atoms with van der Waals surface area (Å²) >= 11 is 5.80. The summed E-state index contributed by atoms with van der Waals surface area (Å²) < 4.78 is 66.9. The van der Waals surface area contributed by atoms with Crippen LogP contribution in [0.1, 0.15) is 17.0 Å². The van der Waals surface area contributed by atoms with Crippen molar-refractivity contribution in [2.45, 2.75) is 25.6 Å². The van der Waals surface area contributed by atoms with Crippen molar-refractivity contribution in [2.75, 3.05) is 0 Å². The number of nitro groups is 1. The van der Waals surface area contributed by atoms with Gasteiger partial charge in [-0.1, -0.05) is 17.7 Å². The van der Waals surface area contributed by atoms with Gasteiger partial charge in [0.25, 0.3) is 5.69 Å². The van der Waals surface area contributed by atoms with Crippen LogP contribution in [0.2, 0.25) is 5.02 Å². The highest BCUT2D eigenvalue weighted by molar-refractivity contribution is 6.30. The van der Waals surface area contributed by atoms with E-state index < -0.39 is 22.8 Å². The van der Waals surface area contributed by atoms with Crippen LogP contribution in [0.3, 0.4) is 0 Å². The van der Waals surface area contributed by atoms with Gasteiger partial charge < -0.3 is 0 Å². The average molecular weight is 447 g/mol. The highest BCUT2D eigenvalue weighted by Gasteiger charge is 2.62. The summed E-state index contributed by atoms with van der Waals surface area (Å²) in [5.74, 6) is -7.19. The number of aryl methyl sites for hydroxylation is 1. The molecular weight excluding hydrogens is 435 g/mol. The van der Waals surface area contributed by atoms with E-state index in [4.69, 9.17) is 11.6 Å². The summed E-state index contributed by atoms with van der Waals surface area (Å²) in [6.45, 7) is 1.24. The third-order valence-electron chi connectivity index (χ3n) is 4.20. The van der Waals surface area contributed by atoms with Gasteiger partial charge in [0, 0.05) is 22.2 Å². The summed E-state index contributed by atoms with van der Waals surface area (Å²) in [4.78, 5) is 13.8. The predicted octanol–water partition coefficient (Wildman–Crippen LogP) is 5.52. The first-order valence-electron chi connectivity index (χ1n) is 8.30. The Kier molecular flexibility index (Phi) is 5.50. The molecule has 6 nitrogen and oxygen atoms in total. The number of benzene rings is 2. The van der Waals surface area contributed by atoms with Crippen LogP contribution < -0.4 is 0 Å². The minimum Gasteiger partial charge on any atom is -0.258 e. The van der Waals surface area contributed by atoms with Gasteiger partial charge in [-0.25, -0.2) is 9.67 Å². The van der Waals surface area contributed by atoms with Gasteiger partial charge >= 0.3 is 12.1 Å². The number of alkyl halides is 5. The summed E-state index contributed by atoms with van der Waals surface area (Å²) in [6, 6.07) is 9.65. The van der Waals surface area contributed by atoms with Crippen LogP contribution in [0.15, 0.2) is 42.5 Å². The monoisotopic (exact) mass is 446 g/mol. The zero-order valence-corrected chi connectivity index (χ0v) is 15.9. The highest BCUT2D eigenvalue weighted by atomic mass is 35.5. The van der Waals surface area contributed by atoms with E-state index in [0.717, 1.165) is 4.68 Å². The first-order chi connectivity index (χ1) is 13.9. The zero-order valence-electron chi connectivity index (χ0n) is 15.1. The second-order valence-corrected chi connectivity index (χ2v) is 6.81. The summed E-state index contributed by atoms with van der Waals surface area (Å²) in [6.07, 6.45) is -5.87. The van der Waals surface area contributed by atoms with Crippen LogP contribution in [-0.4, -0.2) is 25.9 Å². The number of nitrogens with zero attached hydrogens (tertiary/aromatic N) is 4. The van der Waals surface area contributed by atoms with Crippen LogP contribution in [-0.2, 0) is 12.5 Å². The van der Waals surface area contributed by atoms with Gasteiger partial charge in [0.15, 0.2) is 5.82 Å². The lowest BCUT2D eigenvalue weighted by atomic mass is 10.1. The molecule has 1 heterocycles. The summed E-state index contributed by atoms with van der Waals surface area (Å²) in [5, 5.41) is 14.7. The maximum absolute atomic E-state index is 13.8. The second-order valence-electron chi connectivity index (χ2n) is 6.37. The first kappa shape index (κ1) is 21.6. The zero-order chi connectivity index (χ0) is 22.3. The van der Waals surface area contributed by atoms with Crippen molar-refractivity contribution in [2.24, 2.45) is 0 Å². The molecule has 3 aromatic rings. The maximum Gasteiger partial charge on any atom is 0.461 e. The van der Waals surface area contributed by atoms with E-state index in [-0.39, 0.29) is 23.6 Å². The van der Waals surface area contributed by atoms with Crippen LogP contribution in [0.5, 0.6) is 0 Å². The molecule has 0 radical (unpaired) electrons. The van der Waals surface area contributed by atoms with Gasteiger partial charge in [-0.05, 0) is 42.8 Å². The Hall–Kier alpha value is -3.08. The Morgan fingerprint density at radius 1 is 1.10 bits per heavy atom. The molecule has 0 aliphatic rings. The Morgan fingerprint density at radius 2 is 1.73 bits per heavy atom. The lowest BCUT2D eigenvalue weighted by Gasteiger charge is -2.15. The molecule has 0 saturated heterocycles. The molecule has 0 atom stereocenters. The van der Waals surface area contributed by atoms with E-state index in [9.17, 15) is 32.1 Å². The third kappa shape index (κ3) is 4.11. The molecule has 12 heteroatoms. The molecule has 0 spiro atoms. The third-order valence-corrected chi connectivity index (χ3v) is 4.45. The Bertz CT molecular complexity index is 1100. The number of rotatable bonds is 5. The molecule has 1 aromatic heterocycles. The molecule has 158 valence electrons. The van der Waals surface area contributed by atoms with Crippen molar-refractivity contribution in [3.05, 3.63) is 74.6 Å². The van der Waals surface area contributed by atoms with Crippen LogP contribution in [0, 0.1) is 17.0 Å². The molecule has 3 rings (SSSR count). The van der Waals surface area contributed by atoms with E-state index in [1.54, 1.807) is 0 Å². The molecule has 0 aliphatic heterocycles. The molecule has 0 fully saturated rings. The molecule has 0 saturated carbocycles. The maximum atomic E-state index is 13.8. The number of aromatic nitrogens is 3. The van der Waals surface area contributed by atoms with Gasteiger partial charge in [-0.2, -0.15) is 22.0 Å². The standard InChI is InChI=1S/C18H12ClF5N4O2/c1-10-8-11(2-7-14(10)28(29)30)9-27-15(12-3-5-13(19)6-4-12)25-16(26-27)17(20,21)18(22,23)24/h2-8H,9H2,1H3. The van der Waals surface area contributed by atoms with Crippen molar-refractivity contribution in [3.63, 3.8) is 0 Å². The van der Waals surface area contributed by atoms with Crippen molar-refractivity contribution >= 4 is 17.3 Å². The minimum atomic E-state index is -5.87. The average Bonchev–Trinajstić information content (AvgIpc) is 3.05. The molecule has 0 amide bonds. The predicted molar refractivity (Wildman–Crippen MR) is 97.4 cm³/mol. The van der Waals surface area contributed by atoms with Crippen LogP contribution in [0.25, 0.3) is 11.4 Å².